The third-order valence-corrected chi connectivity index (χ3v) is 3.49. The molecule has 4 nitrogen and oxygen atoms in total. The first-order chi connectivity index (χ1) is 8.85. The molecule has 0 aliphatic carbocycles. The summed E-state index contributed by atoms with van der Waals surface area (Å²) in [6, 6.07) is 6.18. The number of thioether (sulfide) groups is 1. The third kappa shape index (κ3) is 3.09. The van der Waals surface area contributed by atoms with E-state index in [0.29, 0.717) is 26.2 Å². The molecule has 0 bridgehead atoms. The Bertz CT molecular complexity index is 457. The van der Waals surface area contributed by atoms with E-state index in [4.69, 9.17) is 14.7 Å². The minimum atomic E-state index is 0.527. The maximum absolute atomic E-state index is 8.49. The third-order valence-electron chi connectivity index (χ3n) is 2.67. The summed E-state index contributed by atoms with van der Waals surface area (Å²) in [5.74, 6) is 1.64. The number of fused-ring (bicyclic) bond motifs is 1. The molecule has 1 heterocycles. The van der Waals surface area contributed by atoms with E-state index in [2.05, 4.69) is 11.4 Å². The van der Waals surface area contributed by atoms with Gasteiger partial charge in [0, 0.05) is 24.4 Å². The van der Waals surface area contributed by atoms with Crippen LogP contribution in [-0.4, -0.2) is 26.0 Å². The SMILES string of the molecule is CSc1cc2c(cc1CNCCC#N)OCCO2. The highest BCUT2D eigenvalue weighted by Crippen LogP contribution is 2.36. The first kappa shape index (κ1) is 13.1. The standard InChI is InChI=1S/C13H16N2O2S/c1-18-13-8-12-11(16-5-6-17-12)7-10(13)9-15-4-2-3-14/h7-8,15H,2,4-6,9H2,1H3. The molecule has 0 saturated carbocycles. The second kappa shape index (κ2) is 6.53. The highest BCUT2D eigenvalue weighted by atomic mass is 32.2. The van der Waals surface area contributed by atoms with E-state index in [1.165, 1.54) is 10.5 Å². The molecule has 1 aromatic carbocycles. The summed E-state index contributed by atoms with van der Waals surface area (Å²) in [5.41, 5.74) is 1.18. The van der Waals surface area contributed by atoms with E-state index in [0.717, 1.165) is 18.0 Å². The van der Waals surface area contributed by atoms with Gasteiger partial charge < -0.3 is 14.8 Å². The molecule has 0 atom stereocenters. The Morgan fingerprint density at radius 2 is 2.06 bits per heavy atom. The van der Waals surface area contributed by atoms with Crippen molar-refractivity contribution in [3.05, 3.63) is 17.7 Å². The van der Waals surface area contributed by atoms with E-state index >= 15 is 0 Å². The molecular formula is C13H16N2O2S. The van der Waals surface area contributed by atoms with Crippen LogP contribution < -0.4 is 14.8 Å². The van der Waals surface area contributed by atoms with Crippen molar-refractivity contribution in [2.45, 2.75) is 17.9 Å². The molecule has 0 spiro atoms. The van der Waals surface area contributed by atoms with Crippen LogP contribution in [0.25, 0.3) is 0 Å². The first-order valence-corrected chi connectivity index (χ1v) is 7.12. The Morgan fingerprint density at radius 1 is 1.33 bits per heavy atom. The molecule has 0 unspecified atom stereocenters. The summed E-state index contributed by atoms with van der Waals surface area (Å²) in [5, 5.41) is 11.7. The van der Waals surface area contributed by atoms with Crippen molar-refractivity contribution in [3.8, 4) is 17.6 Å². The van der Waals surface area contributed by atoms with Gasteiger partial charge in [-0.1, -0.05) is 0 Å². The van der Waals surface area contributed by atoms with Crippen LogP contribution in [0.3, 0.4) is 0 Å². The molecule has 0 aromatic heterocycles. The van der Waals surface area contributed by atoms with Crippen LogP contribution in [0.4, 0.5) is 0 Å². The number of nitrogens with zero attached hydrogens (tertiary/aromatic N) is 1. The van der Waals surface area contributed by atoms with Crippen LogP contribution in [0.1, 0.15) is 12.0 Å². The quantitative estimate of drug-likeness (QED) is 0.652. The number of hydrogen-bond acceptors (Lipinski definition) is 5. The number of nitriles is 1. The molecule has 0 fully saturated rings. The summed E-state index contributed by atoms with van der Waals surface area (Å²) in [6.45, 7) is 2.67. The zero-order valence-corrected chi connectivity index (χ0v) is 11.2. The van der Waals surface area contributed by atoms with Crippen molar-refractivity contribution in [1.29, 1.82) is 5.26 Å². The second-order valence-corrected chi connectivity index (χ2v) is 4.74. The predicted octanol–water partition coefficient (Wildman–Crippen LogP) is 2.18. The average Bonchev–Trinajstić information content (AvgIpc) is 2.42. The minimum Gasteiger partial charge on any atom is -0.486 e. The fourth-order valence-corrected chi connectivity index (χ4v) is 2.43. The van der Waals surface area contributed by atoms with Crippen LogP contribution in [-0.2, 0) is 6.54 Å². The molecule has 1 aliphatic heterocycles. The van der Waals surface area contributed by atoms with E-state index in [1.54, 1.807) is 11.8 Å². The molecule has 0 amide bonds. The molecule has 1 aliphatic rings. The van der Waals surface area contributed by atoms with Crippen molar-refractivity contribution in [3.63, 3.8) is 0 Å². The van der Waals surface area contributed by atoms with Crippen LogP contribution in [0.5, 0.6) is 11.5 Å². The van der Waals surface area contributed by atoms with Gasteiger partial charge in [0.1, 0.15) is 13.2 Å². The molecule has 0 radical (unpaired) electrons. The molecule has 1 aromatic rings. The fraction of sp³-hybridized carbons (Fsp3) is 0.462. The van der Waals surface area contributed by atoms with Crippen LogP contribution in [0.15, 0.2) is 17.0 Å². The van der Waals surface area contributed by atoms with Crippen LogP contribution in [0.2, 0.25) is 0 Å². The smallest absolute Gasteiger partial charge is 0.162 e. The minimum absolute atomic E-state index is 0.527. The van der Waals surface area contributed by atoms with Gasteiger partial charge in [-0.05, 0) is 24.0 Å². The van der Waals surface area contributed by atoms with Crippen molar-refractivity contribution in [1.82, 2.24) is 5.32 Å². The lowest BCUT2D eigenvalue weighted by Crippen LogP contribution is -2.18. The summed E-state index contributed by atoms with van der Waals surface area (Å²) in [6.07, 6.45) is 2.57. The van der Waals surface area contributed by atoms with E-state index < -0.39 is 0 Å². The number of benzene rings is 1. The van der Waals surface area contributed by atoms with Gasteiger partial charge >= 0.3 is 0 Å². The van der Waals surface area contributed by atoms with E-state index in [-0.39, 0.29) is 0 Å². The van der Waals surface area contributed by atoms with Gasteiger partial charge in [-0.2, -0.15) is 5.26 Å². The summed E-state index contributed by atoms with van der Waals surface area (Å²) < 4.78 is 11.1. The number of hydrogen-bond donors (Lipinski definition) is 1. The fourth-order valence-electron chi connectivity index (χ4n) is 1.81. The summed E-state index contributed by atoms with van der Waals surface area (Å²) >= 11 is 1.69. The normalized spacial score (nSPS) is 13.1. The average molecular weight is 264 g/mol. The molecule has 1 N–H and O–H groups in total. The highest BCUT2D eigenvalue weighted by Gasteiger charge is 2.15. The van der Waals surface area contributed by atoms with Gasteiger partial charge in [-0.25, -0.2) is 0 Å². The monoisotopic (exact) mass is 264 g/mol. The molecule has 18 heavy (non-hydrogen) atoms. The Hall–Kier alpha value is -1.38. The molecule has 5 heteroatoms. The lowest BCUT2D eigenvalue weighted by Gasteiger charge is -2.20. The Balaban J connectivity index is 2.10. The van der Waals surface area contributed by atoms with Crippen molar-refractivity contribution < 1.29 is 9.47 Å². The van der Waals surface area contributed by atoms with Gasteiger partial charge in [0.15, 0.2) is 11.5 Å². The summed E-state index contributed by atoms with van der Waals surface area (Å²) in [7, 11) is 0. The van der Waals surface area contributed by atoms with Crippen molar-refractivity contribution in [2.75, 3.05) is 26.0 Å². The lowest BCUT2D eigenvalue weighted by atomic mass is 10.2. The van der Waals surface area contributed by atoms with Gasteiger partial charge in [-0.3, -0.25) is 0 Å². The molecule has 96 valence electrons. The van der Waals surface area contributed by atoms with Crippen LogP contribution in [0, 0.1) is 11.3 Å². The van der Waals surface area contributed by atoms with E-state index in [9.17, 15) is 0 Å². The van der Waals surface area contributed by atoms with Crippen LogP contribution >= 0.6 is 11.8 Å². The maximum Gasteiger partial charge on any atom is 0.162 e. The first-order valence-electron chi connectivity index (χ1n) is 5.89. The number of rotatable bonds is 5. The van der Waals surface area contributed by atoms with Gasteiger partial charge in [-0.15, -0.1) is 11.8 Å². The number of ether oxygens (including phenoxy) is 2. The van der Waals surface area contributed by atoms with E-state index in [1.807, 2.05) is 18.4 Å². The van der Waals surface area contributed by atoms with Gasteiger partial charge in [0.25, 0.3) is 0 Å². The molecule has 0 saturated heterocycles. The highest BCUT2D eigenvalue weighted by molar-refractivity contribution is 7.98. The maximum atomic E-state index is 8.49. The Morgan fingerprint density at radius 3 is 2.72 bits per heavy atom. The Kier molecular flexibility index (Phi) is 4.73. The van der Waals surface area contributed by atoms with Gasteiger partial charge in [0.2, 0.25) is 0 Å². The van der Waals surface area contributed by atoms with Crippen molar-refractivity contribution in [2.24, 2.45) is 0 Å². The number of nitrogens with one attached hydrogen (secondary N) is 1. The lowest BCUT2D eigenvalue weighted by molar-refractivity contribution is 0.171. The van der Waals surface area contributed by atoms with Gasteiger partial charge in [0.05, 0.1) is 6.07 Å². The topological polar surface area (TPSA) is 54.3 Å². The Labute approximate surface area is 111 Å². The largest absolute Gasteiger partial charge is 0.486 e. The molecular weight excluding hydrogens is 248 g/mol. The predicted molar refractivity (Wildman–Crippen MR) is 71.1 cm³/mol. The zero-order chi connectivity index (χ0) is 12.8. The zero-order valence-electron chi connectivity index (χ0n) is 10.4. The van der Waals surface area contributed by atoms with Crippen molar-refractivity contribution >= 4 is 11.8 Å². The second-order valence-electron chi connectivity index (χ2n) is 3.89. The summed E-state index contributed by atoms with van der Waals surface area (Å²) in [4.78, 5) is 1.18. The molecule has 2 rings (SSSR count).